The first-order valence-electron chi connectivity index (χ1n) is 6.12. The lowest BCUT2D eigenvalue weighted by Gasteiger charge is -2.22. The smallest absolute Gasteiger partial charge is 0.313 e. The second kappa shape index (κ2) is 5.78. The van der Waals surface area contributed by atoms with Crippen LogP contribution < -0.4 is 0 Å². The summed E-state index contributed by atoms with van der Waals surface area (Å²) in [5.74, 6) is -0.250. The summed E-state index contributed by atoms with van der Waals surface area (Å²) in [5, 5.41) is 9.56. The molecule has 102 valence electrons. The first-order chi connectivity index (χ1) is 8.21. The fraction of sp³-hybridized carbons (Fsp3) is 0.692. The van der Waals surface area contributed by atoms with E-state index in [0.29, 0.717) is 5.92 Å². The largest absolute Gasteiger partial charge is 0.481 e. The summed E-state index contributed by atoms with van der Waals surface area (Å²) in [7, 11) is 0. The number of hydrogen-bond donors (Lipinski definition) is 1. The highest BCUT2D eigenvalue weighted by atomic mass is 32.2. The summed E-state index contributed by atoms with van der Waals surface area (Å²) >= 11 is 1.29. The first kappa shape index (κ1) is 15.1. The van der Waals surface area contributed by atoms with Gasteiger partial charge in [-0.25, -0.2) is 4.98 Å². The van der Waals surface area contributed by atoms with Gasteiger partial charge in [-0.05, 0) is 5.92 Å². The third kappa shape index (κ3) is 4.05. The molecule has 0 atom stereocenters. The van der Waals surface area contributed by atoms with Gasteiger partial charge in [-0.3, -0.25) is 4.79 Å². The van der Waals surface area contributed by atoms with Gasteiger partial charge in [0, 0.05) is 23.9 Å². The molecule has 0 aromatic carbocycles. The van der Waals surface area contributed by atoms with Gasteiger partial charge in [0.2, 0.25) is 0 Å². The van der Waals surface area contributed by atoms with Crippen molar-refractivity contribution in [1.29, 1.82) is 0 Å². The fourth-order valence-electron chi connectivity index (χ4n) is 1.74. The number of imidazole rings is 1. The molecular formula is C13H22N2O2S. The molecule has 4 nitrogen and oxygen atoms in total. The van der Waals surface area contributed by atoms with Crippen LogP contribution in [-0.2, 0) is 16.8 Å². The van der Waals surface area contributed by atoms with Crippen molar-refractivity contribution in [2.24, 2.45) is 5.92 Å². The highest BCUT2D eigenvalue weighted by Gasteiger charge is 2.22. The van der Waals surface area contributed by atoms with E-state index in [4.69, 9.17) is 5.11 Å². The lowest BCUT2D eigenvalue weighted by atomic mass is 9.92. The van der Waals surface area contributed by atoms with Gasteiger partial charge in [-0.1, -0.05) is 46.4 Å². The standard InChI is InChI=1S/C13H22N2O2S/c1-9(2)7-15-10(13(3,4)5)6-14-12(15)18-8-11(16)17/h6,9H,7-8H2,1-5H3,(H,16,17). The number of aromatic nitrogens is 2. The van der Waals surface area contributed by atoms with Crippen LogP contribution in [0.3, 0.4) is 0 Å². The van der Waals surface area contributed by atoms with E-state index in [-0.39, 0.29) is 11.2 Å². The lowest BCUT2D eigenvalue weighted by Crippen LogP contribution is -2.20. The van der Waals surface area contributed by atoms with Crippen LogP contribution in [-0.4, -0.2) is 26.4 Å². The third-order valence-electron chi connectivity index (χ3n) is 2.46. The summed E-state index contributed by atoms with van der Waals surface area (Å²) in [6, 6.07) is 0. The molecule has 1 N–H and O–H groups in total. The maximum absolute atomic E-state index is 10.7. The molecule has 0 saturated carbocycles. The van der Waals surface area contributed by atoms with Crippen LogP contribution in [0.25, 0.3) is 0 Å². The second-order valence-corrected chi connectivity index (χ2v) is 6.81. The van der Waals surface area contributed by atoms with Crippen LogP contribution in [0, 0.1) is 5.92 Å². The Hall–Kier alpha value is -0.970. The molecule has 1 aromatic heterocycles. The summed E-state index contributed by atoms with van der Waals surface area (Å²) < 4.78 is 2.15. The van der Waals surface area contributed by atoms with Gasteiger partial charge < -0.3 is 9.67 Å². The van der Waals surface area contributed by atoms with Crippen molar-refractivity contribution in [3.63, 3.8) is 0 Å². The van der Waals surface area contributed by atoms with Crippen LogP contribution in [0.15, 0.2) is 11.4 Å². The van der Waals surface area contributed by atoms with Crippen LogP contribution in [0.4, 0.5) is 0 Å². The number of hydrogen-bond acceptors (Lipinski definition) is 3. The molecule has 5 heteroatoms. The molecule has 1 heterocycles. The molecule has 0 aliphatic rings. The fourth-order valence-corrected chi connectivity index (χ4v) is 2.45. The average molecular weight is 270 g/mol. The summed E-state index contributed by atoms with van der Waals surface area (Å²) in [6.07, 6.45) is 1.87. The van der Waals surface area contributed by atoms with Crippen LogP contribution in [0.5, 0.6) is 0 Å². The molecular weight excluding hydrogens is 248 g/mol. The molecule has 0 aliphatic carbocycles. The van der Waals surface area contributed by atoms with Crippen molar-refractivity contribution in [3.05, 3.63) is 11.9 Å². The van der Waals surface area contributed by atoms with Gasteiger partial charge in [-0.2, -0.15) is 0 Å². The molecule has 1 rings (SSSR count). The molecule has 0 bridgehead atoms. The molecule has 18 heavy (non-hydrogen) atoms. The minimum Gasteiger partial charge on any atom is -0.481 e. The number of carboxylic acid groups (broad SMARTS) is 1. The van der Waals surface area contributed by atoms with E-state index in [0.717, 1.165) is 17.4 Å². The molecule has 0 unspecified atom stereocenters. The Kier molecular flexibility index (Phi) is 4.85. The van der Waals surface area contributed by atoms with E-state index in [9.17, 15) is 4.79 Å². The van der Waals surface area contributed by atoms with E-state index in [1.54, 1.807) is 0 Å². The second-order valence-electron chi connectivity index (χ2n) is 5.86. The number of carboxylic acids is 1. The van der Waals surface area contributed by atoms with Crippen LogP contribution >= 0.6 is 11.8 Å². The first-order valence-corrected chi connectivity index (χ1v) is 7.11. The predicted octanol–water partition coefficient (Wildman–Crippen LogP) is 3.01. The SMILES string of the molecule is CC(C)Cn1c(C(C)(C)C)cnc1SCC(=O)O. The van der Waals surface area contributed by atoms with Gasteiger partial charge in [0.1, 0.15) is 0 Å². The van der Waals surface area contributed by atoms with Crippen LogP contribution in [0.1, 0.15) is 40.3 Å². The number of aliphatic carboxylic acids is 1. The van der Waals surface area contributed by atoms with E-state index < -0.39 is 5.97 Å². The number of nitrogens with zero attached hydrogens (tertiary/aromatic N) is 2. The Bertz CT molecular complexity index is 419. The molecule has 0 amide bonds. The van der Waals surface area contributed by atoms with E-state index >= 15 is 0 Å². The van der Waals surface area contributed by atoms with Crippen molar-refractivity contribution in [1.82, 2.24) is 9.55 Å². The Balaban J connectivity index is 3.03. The zero-order valence-corrected chi connectivity index (χ0v) is 12.5. The molecule has 0 radical (unpaired) electrons. The molecule has 0 spiro atoms. The van der Waals surface area contributed by atoms with Gasteiger partial charge in [0.25, 0.3) is 0 Å². The van der Waals surface area contributed by atoms with E-state index in [1.807, 2.05) is 6.20 Å². The number of thioether (sulfide) groups is 1. The Morgan fingerprint density at radius 2 is 2.11 bits per heavy atom. The molecule has 0 fully saturated rings. The highest BCUT2D eigenvalue weighted by Crippen LogP contribution is 2.28. The maximum atomic E-state index is 10.7. The van der Waals surface area contributed by atoms with Crippen molar-refractivity contribution >= 4 is 17.7 Å². The van der Waals surface area contributed by atoms with Crippen molar-refractivity contribution in [2.45, 2.75) is 51.7 Å². The summed E-state index contributed by atoms with van der Waals surface area (Å²) in [5.41, 5.74) is 1.17. The van der Waals surface area contributed by atoms with E-state index in [2.05, 4.69) is 44.2 Å². The van der Waals surface area contributed by atoms with Gasteiger partial charge in [-0.15, -0.1) is 0 Å². The van der Waals surface area contributed by atoms with Crippen molar-refractivity contribution < 1.29 is 9.90 Å². The van der Waals surface area contributed by atoms with E-state index in [1.165, 1.54) is 11.8 Å². The minimum atomic E-state index is -0.809. The Morgan fingerprint density at radius 3 is 2.56 bits per heavy atom. The van der Waals surface area contributed by atoms with Crippen molar-refractivity contribution in [2.75, 3.05) is 5.75 Å². The topological polar surface area (TPSA) is 55.1 Å². The van der Waals surface area contributed by atoms with Crippen molar-refractivity contribution in [3.8, 4) is 0 Å². The van der Waals surface area contributed by atoms with Gasteiger partial charge in [0.15, 0.2) is 5.16 Å². The Morgan fingerprint density at radius 1 is 1.50 bits per heavy atom. The number of rotatable bonds is 5. The van der Waals surface area contributed by atoms with Crippen LogP contribution in [0.2, 0.25) is 0 Å². The minimum absolute atomic E-state index is 0.0178. The average Bonchev–Trinajstić information content (AvgIpc) is 2.56. The Labute approximate surface area is 113 Å². The molecule has 0 saturated heterocycles. The highest BCUT2D eigenvalue weighted by molar-refractivity contribution is 7.99. The molecule has 0 aliphatic heterocycles. The summed E-state index contributed by atoms with van der Waals surface area (Å²) in [6.45, 7) is 11.6. The monoisotopic (exact) mass is 270 g/mol. The lowest BCUT2D eigenvalue weighted by molar-refractivity contribution is -0.133. The molecule has 1 aromatic rings. The quantitative estimate of drug-likeness (QED) is 0.836. The number of carbonyl (C=O) groups is 1. The summed E-state index contributed by atoms with van der Waals surface area (Å²) in [4.78, 5) is 15.0. The maximum Gasteiger partial charge on any atom is 0.313 e. The van der Waals surface area contributed by atoms with Gasteiger partial charge in [0.05, 0.1) is 5.75 Å². The van der Waals surface area contributed by atoms with Gasteiger partial charge >= 0.3 is 5.97 Å². The third-order valence-corrected chi connectivity index (χ3v) is 3.44. The normalized spacial score (nSPS) is 12.1. The zero-order chi connectivity index (χ0) is 13.9. The predicted molar refractivity (Wildman–Crippen MR) is 74.1 cm³/mol. The zero-order valence-electron chi connectivity index (χ0n) is 11.7.